The first kappa shape index (κ1) is 16.4. The van der Waals surface area contributed by atoms with Crippen molar-refractivity contribution in [2.75, 3.05) is 31.3 Å². The van der Waals surface area contributed by atoms with E-state index in [2.05, 4.69) is 11.8 Å². The van der Waals surface area contributed by atoms with Crippen LogP contribution in [0.4, 0.5) is 5.69 Å². The summed E-state index contributed by atoms with van der Waals surface area (Å²) in [5.74, 6) is 0.254. The number of anilines is 1. The number of ether oxygens (including phenoxy) is 2. The summed E-state index contributed by atoms with van der Waals surface area (Å²) in [5, 5.41) is 0. The zero-order valence-corrected chi connectivity index (χ0v) is 14.6. The van der Waals surface area contributed by atoms with Gasteiger partial charge in [0.1, 0.15) is 13.2 Å². The van der Waals surface area contributed by atoms with Crippen LogP contribution in [0.2, 0.25) is 0 Å². The SMILES string of the molecule is CCN(CN1C(=O)C(=O)c2cc3c(cc21)OCCO3)C1CCCCC1. The highest BCUT2D eigenvalue weighted by Gasteiger charge is 2.39. The Kier molecular flexibility index (Phi) is 4.37. The second-order valence-electron chi connectivity index (χ2n) is 6.91. The predicted molar refractivity (Wildman–Crippen MR) is 93.4 cm³/mol. The third-order valence-corrected chi connectivity index (χ3v) is 5.46. The first-order valence-corrected chi connectivity index (χ1v) is 9.23. The Bertz CT molecular complexity index is 697. The molecule has 0 atom stereocenters. The van der Waals surface area contributed by atoms with E-state index in [0.717, 1.165) is 19.4 Å². The molecule has 1 aromatic rings. The molecule has 2 aliphatic heterocycles. The van der Waals surface area contributed by atoms with Crippen LogP contribution in [0.15, 0.2) is 12.1 Å². The Labute approximate surface area is 147 Å². The lowest BCUT2D eigenvalue weighted by Gasteiger charge is -2.36. The molecule has 6 nitrogen and oxygen atoms in total. The molecule has 0 spiro atoms. The third kappa shape index (κ3) is 2.88. The van der Waals surface area contributed by atoms with Crippen molar-refractivity contribution in [3.63, 3.8) is 0 Å². The van der Waals surface area contributed by atoms with Crippen molar-refractivity contribution in [2.24, 2.45) is 0 Å². The number of Topliss-reactive ketones (excluding diaryl/α,β-unsaturated/α-hetero) is 1. The van der Waals surface area contributed by atoms with Gasteiger partial charge in [-0.05, 0) is 25.5 Å². The van der Waals surface area contributed by atoms with Crippen molar-refractivity contribution in [3.8, 4) is 11.5 Å². The molecule has 6 heteroatoms. The molecule has 0 radical (unpaired) electrons. The number of fused-ring (bicyclic) bond motifs is 2. The van der Waals surface area contributed by atoms with E-state index in [1.165, 1.54) is 19.3 Å². The van der Waals surface area contributed by atoms with E-state index < -0.39 is 11.7 Å². The molecule has 0 aromatic heterocycles. The molecule has 3 aliphatic rings. The van der Waals surface area contributed by atoms with E-state index in [9.17, 15) is 9.59 Å². The predicted octanol–water partition coefficient (Wildman–Crippen LogP) is 2.60. The number of ketones is 1. The standard InChI is InChI=1S/C19H24N2O4/c1-2-20(13-6-4-3-5-7-13)12-21-15-11-17-16(24-8-9-25-17)10-14(15)18(22)19(21)23/h10-11,13H,2-9,12H2,1H3. The number of rotatable bonds is 4. The van der Waals surface area contributed by atoms with Crippen molar-refractivity contribution < 1.29 is 19.1 Å². The average Bonchev–Trinajstić information content (AvgIpc) is 2.89. The second kappa shape index (κ2) is 6.67. The Morgan fingerprint density at radius 3 is 2.44 bits per heavy atom. The van der Waals surface area contributed by atoms with E-state index in [1.54, 1.807) is 17.0 Å². The molecule has 25 heavy (non-hydrogen) atoms. The largest absolute Gasteiger partial charge is 0.486 e. The van der Waals surface area contributed by atoms with Gasteiger partial charge in [-0.3, -0.25) is 19.4 Å². The summed E-state index contributed by atoms with van der Waals surface area (Å²) in [7, 11) is 0. The van der Waals surface area contributed by atoms with Crippen LogP contribution in [0.25, 0.3) is 0 Å². The highest BCUT2D eigenvalue weighted by atomic mass is 16.6. The van der Waals surface area contributed by atoms with Crippen LogP contribution in [0.1, 0.15) is 49.4 Å². The second-order valence-corrected chi connectivity index (χ2v) is 6.91. The van der Waals surface area contributed by atoms with Crippen LogP contribution < -0.4 is 14.4 Å². The molecule has 1 aromatic carbocycles. The molecule has 0 unspecified atom stereocenters. The van der Waals surface area contributed by atoms with Crippen molar-refractivity contribution in [1.29, 1.82) is 0 Å². The zero-order chi connectivity index (χ0) is 17.4. The molecule has 2 heterocycles. The van der Waals surface area contributed by atoms with Gasteiger partial charge in [0, 0.05) is 12.1 Å². The first-order valence-electron chi connectivity index (χ1n) is 9.23. The monoisotopic (exact) mass is 344 g/mol. The van der Waals surface area contributed by atoms with E-state index in [4.69, 9.17) is 9.47 Å². The first-order chi connectivity index (χ1) is 12.2. The molecule has 0 bridgehead atoms. The molecule has 1 fully saturated rings. The maximum atomic E-state index is 12.6. The van der Waals surface area contributed by atoms with Crippen molar-refractivity contribution in [2.45, 2.75) is 45.1 Å². The highest BCUT2D eigenvalue weighted by Crippen LogP contribution is 2.40. The summed E-state index contributed by atoms with van der Waals surface area (Å²) in [6.07, 6.45) is 6.10. The summed E-state index contributed by atoms with van der Waals surface area (Å²) in [6, 6.07) is 3.92. The lowest BCUT2D eigenvalue weighted by molar-refractivity contribution is -0.114. The Balaban J connectivity index is 1.62. The van der Waals surface area contributed by atoms with Gasteiger partial charge in [-0.2, -0.15) is 0 Å². The van der Waals surface area contributed by atoms with Crippen LogP contribution >= 0.6 is 0 Å². The van der Waals surface area contributed by atoms with Crippen molar-refractivity contribution in [1.82, 2.24) is 4.90 Å². The van der Waals surface area contributed by atoms with Crippen LogP contribution in [-0.2, 0) is 4.79 Å². The van der Waals surface area contributed by atoms with Gasteiger partial charge in [0.05, 0.1) is 17.9 Å². The minimum atomic E-state index is -0.452. The smallest absolute Gasteiger partial charge is 0.300 e. The Morgan fingerprint density at radius 2 is 1.76 bits per heavy atom. The van der Waals surface area contributed by atoms with Crippen LogP contribution in [0.5, 0.6) is 11.5 Å². The van der Waals surface area contributed by atoms with Gasteiger partial charge in [0.2, 0.25) is 0 Å². The van der Waals surface area contributed by atoms with Gasteiger partial charge in [-0.25, -0.2) is 0 Å². The summed E-state index contributed by atoms with van der Waals surface area (Å²) in [6.45, 7) is 4.38. The zero-order valence-electron chi connectivity index (χ0n) is 14.6. The normalized spacial score (nSPS) is 20.3. The lowest BCUT2D eigenvalue weighted by atomic mass is 9.94. The molecular formula is C19H24N2O4. The molecule has 0 N–H and O–H groups in total. The molecule has 1 saturated carbocycles. The fourth-order valence-electron chi connectivity index (χ4n) is 4.07. The molecule has 0 saturated heterocycles. The van der Waals surface area contributed by atoms with Gasteiger partial charge in [-0.15, -0.1) is 0 Å². The summed E-state index contributed by atoms with van der Waals surface area (Å²) in [5.41, 5.74) is 1.07. The maximum absolute atomic E-state index is 12.6. The number of amides is 1. The minimum absolute atomic E-state index is 0.425. The molecule has 1 amide bonds. The van der Waals surface area contributed by atoms with Crippen molar-refractivity contribution in [3.05, 3.63) is 17.7 Å². The van der Waals surface area contributed by atoms with E-state index >= 15 is 0 Å². The Hall–Kier alpha value is -2.08. The van der Waals surface area contributed by atoms with Gasteiger partial charge < -0.3 is 9.47 Å². The van der Waals surface area contributed by atoms with E-state index in [-0.39, 0.29) is 0 Å². The fourth-order valence-corrected chi connectivity index (χ4v) is 4.07. The van der Waals surface area contributed by atoms with Crippen LogP contribution in [0, 0.1) is 0 Å². The molecule has 1 aliphatic carbocycles. The van der Waals surface area contributed by atoms with Gasteiger partial charge in [0.25, 0.3) is 5.78 Å². The number of benzene rings is 1. The average molecular weight is 344 g/mol. The molecule has 134 valence electrons. The number of hydrogen-bond donors (Lipinski definition) is 0. The number of carbonyl (C=O) groups excluding carboxylic acids is 2. The van der Waals surface area contributed by atoms with E-state index in [1.807, 2.05) is 0 Å². The van der Waals surface area contributed by atoms with Crippen LogP contribution in [-0.4, -0.2) is 49.1 Å². The molecule has 4 rings (SSSR count). The third-order valence-electron chi connectivity index (χ3n) is 5.46. The number of hydrogen-bond acceptors (Lipinski definition) is 5. The van der Waals surface area contributed by atoms with Gasteiger partial charge in [0.15, 0.2) is 11.5 Å². The Morgan fingerprint density at radius 1 is 1.08 bits per heavy atom. The lowest BCUT2D eigenvalue weighted by Crippen LogP contribution is -2.46. The van der Waals surface area contributed by atoms with Gasteiger partial charge in [-0.1, -0.05) is 26.2 Å². The topological polar surface area (TPSA) is 59.1 Å². The summed E-state index contributed by atoms with van der Waals surface area (Å²) < 4.78 is 11.2. The summed E-state index contributed by atoms with van der Waals surface area (Å²) in [4.78, 5) is 28.9. The van der Waals surface area contributed by atoms with Crippen LogP contribution in [0.3, 0.4) is 0 Å². The molecular weight excluding hydrogens is 320 g/mol. The van der Waals surface area contributed by atoms with E-state index in [0.29, 0.717) is 48.7 Å². The minimum Gasteiger partial charge on any atom is -0.486 e. The fraction of sp³-hybridized carbons (Fsp3) is 0.579. The van der Waals surface area contributed by atoms with Gasteiger partial charge >= 0.3 is 5.91 Å². The number of carbonyl (C=O) groups is 2. The highest BCUT2D eigenvalue weighted by molar-refractivity contribution is 6.52. The number of nitrogens with zero attached hydrogens (tertiary/aromatic N) is 2. The maximum Gasteiger partial charge on any atom is 0.300 e. The summed E-state index contributed by atoms with van der Waals surface area (Å²) >= 11 is 0. The quantitative estimate of drug-likeness (QED) is 0.786. The van der Waals surface area contributed by atoms with Crippen molar-refractivity contribution >= 4 is 17.4 Å².